The maximum atomic E-state index is 11.5. The second kappa shape index (κ2) is 4.77. The third kappa shape index (κ3) is 2.23. The monoisotopic (exact) mass is 365 g/mol. The van der Waals surface area contributed by atoms with E-state index in [1.807, 2.05) is 6.20 Å². The SMILES string of the molecule is COC(=O)C(C)n1cc(I)c2cnc(Cl)nc21. The molecular weight excluding hydrogens is 356 g/mol. The van der Waals surface area contributed by atoms with E-state index in [0.717, 1.165) is 8.96 Å². The van der Waals surface area contributed by atoms with Gasteiger partial charge in [-0.2, -0.15) is 4.98 Å². The number of fused-ring (bicyclic) bond motifs is 1. The lowest BCUT2D eigenvalue weighted by Gasteiger charge is -2.11. The minimum atomic E-state index is -0.447. The van der Waals surface area contributed by atoms with Gasteiger partial charge in [0.05, 0.1) is 12.5 Å². The van der Waals surface area contributed by atoms with E-state index in [4.69, 9.17) is 16.3 Å². The third-order valence-electron chi connectivity index (χ3n) is 2.45. The van der Waals surface area contributed by atoms with Gasteiger partial charge in [-0.15, -0.1) is 0 Å². The van der Waals surface area contributed by atoms with Crippen molar-refractivity contribution in [3.63, 3.8) is 0 Å². The smallest absolute Gasteiger partial charge is 0.328 e. The van der Waals surface area contributed by atoms with Crippen LogP contribution in [0.4, 0.5) is 0 Å². The fraction of sp³-hybridized carbons (Fsp3) is 0.300. The van der Waals surface area contributed by atoms with Gasteiger partial charge in [0, 0.05) is 16.0 Å². The van der Waals surface area contributed by atoms with Crippen molar-refractivity contribution in [2.45, 2.75) is 13.0 Å². The maximum absolute atomic E-state index is 11.5. The number of aromatic nitrogens is 3. The van der Waals surface area contributed by atoms with Gasteiger partial charge in [-0.3, -0.25) is 0 Å². The Kier molecular flexibility index (Phi) is 3.53. The number of hydrogen-bond acceptors (Lipinski definition) is 4. The van der Waals surface area contributed by atoms with Crippen molar-refractivity contribution in [2.75, 3.05) is 7.11 Å². The van der Waals surface area contributed by atoms with Crippen LogP contribution in [-0.4, -0.2) is 27.6 Å². The predicted molar refractivity (Wildman–Crippen MR) is 72.0 cm³/mol. The van der Waals surface area contributed by atoms with E-state index < -0.39 is 6.04 Å². The van der Waals surface area contributed by atoms with Gasteiger partial charge in [0.2, 0.25) is 5.28 Å². The van der Waals surface area contributed by atoms with Gasteiger partial charge in [-0.25, -0.2) is 9.78 Å². The first kappa shape index (κ1) is 12.6. The summed E-state index contributed by atoms with van der Waals surface area (Å²) in [6.45, 7) is 1.75. The summed E-state index contributed by atoms with van der Waals surface area (Å²) in [5.41, 5.74) is 0.632. The summed E-state index contributed by atoms with van der Waals surface area (Å²) in [5.74, 6) is -0.326. The highest BCUT2D eigenvalue weighted by atomic mass is 127. The zero-order valence-corrected chi connectivity index (χ0v) is 12.1. The molecule has 0 amide bonds. The molecule has 0 aromatic carbocycles. The molecule has 0 aliphatic rings. The normalized spacial score (nSPS) is 12.7. The summed E-state index contributed by atoms with van der Waals surface area (Å²) in [5, 5.41) is 1.02. The molecule has 2 aromatic heterocycles. The van der Waals surface area contributed by atoms with Crippen molar-refractivity contribution in [1.82, 2.24) is 14.5 Å². The number of carbonyl (C=O) groups excluding carboxylic acids is 1. The van der Waals surface area contributed by atoms with Crippen LogP contribution in [-0.2, 0) is 9.53 Å². The first-order valence-corrected chi connectivity index (χ1v) is 6.26. The molecule has 2 heterocycles. The molecule has 1 atom stereocenters. The van der Waals surface area contributed by atoms with Crippen molar-refractivity contribution >= 4 is 51.2 Å². The van der Waals surface area contributed by atoms with E-state index in [2.05, 4.69) is 32.6 Å². The average Bonchev–Trinajstić information content (AvgIpc) is 2.64. The number of esters is 1. The second-order valence-corrected chi connectivity index (χ2v) is 4.96. The number of rotatable bonds is 2. The number of carbonyl (C=O) groups is 1. The molecule has 2 aromatic rings. The first-order valence-electron chi connectivity index (χ1n) is 4.81. The van der Waals surface area contributed by atoms with Gasteiger partial charge in [0.1, 0.15) is 11.7 Å². The van der Waals surface area contributed by atoms with E-state index in [9.17, 15) is 4.79 Å². The molecule has 0 aliphatic carbocycles. The lowest BCUT2D eigenvalue weighted by atomic mass is 10.3. The molecule has 90 valence electrons. The number of nitrogens with zero attached hydrogens (tertiary/aromatic N) is 3. The molecule has 0 spiro atoms. The number of ether oxygens (including phenoxy) is 1. The second-order valence-electron chi connectivity index (χ2n) is 3.46. The Morgan fingerprint density at radius 3 is 3.00 bits per heavy atom. The van der Waals surface area contributed by atoms with Crippen molar-refractivity contribution in [1.29, 1.82) is 0 Å². The summed E-state index contributed by atoms with van der Waals surface area (Å²) in [6, 6.07) is -0.447. The third-order valence-corrected chi connectivity index (χ3v) is 3.49. The minimum absolute atomic E-state index is 0.158. The van der Waals surface area contributed by atoms with Crippen molar-refractivity contribution in [2.24, 2.45) is 0 Å². The molecule has 0 saturated heterocycles. The van der Waals surface area contributed by atoms with Crippen LogP contribution < -0.4 is 0 Å². The Hall–Kier alpha value is -0.890. The van der Waals surface area contributed by atoms with E-state index in [1.165, 1.54) is 7.11 Å². The molecular formula is C10H9ClIN3O2. The molecule has 0 N–H and O–H groups in total. The molecule has 0 bridgehead atoms. The lowest BCUT2D eigenvalue weighted by molar-refractivity contribution is -0.143. The van der Waals surface area contributed by atoms with Gasteiger partial charge >= 0.3 is 5.97 Å². The fourth-order valence-corrected chi connectivity index (χ4v) is 2.36. The highest BCUT2D eigenvalue weighted by Gasteiger charge is 2.19. The van der Waals surface area contributed by atoms with Crippen molar-refractivity contribution in [3.05, 3.63) is 21.2 Å². The highest BCUT2D eigenvalue weighted by molar-refractivity contribution is 14.1. The Morgan fingerprint density at radius 2 is 2.35 bits per heavy atom. The summed E-state index contributed by atoms with van der Waals surface area (Å²) in [6.07, 6.45) is 3.48. The summed E-state index contributed by atoms with van der Waals surface area (Å²) >= 11 is 7.93. The molecule has 5 nitrogen and oxygen atoms in total. The van der Waals surface area contributed by atoms with E-state index >= 15 is 0 Å². The van der Waals surface area contributed by atoms with Gasteiger partial charge < -0.3 is 9.30 Å². The van der Waals surface area contributed by atoms with E-state index in [-0.39, 0.29) is 11.3 Å². The first-order chi connectivity index (χ1) is 8.04. The number of hydrogen-bond donors (Lipinski definition) is 0. The topological polar surface area (TPSA) is 57.0 Å². The summed E-state index contributed by atoms with van der Waals surface area (Å²) in [4.78, 5) is 19.6. The van der Waals surface area contributed by atoms with Crippen LogP contribution in [0.2, 0.25) is 5.28 Å². The quantitative estimate of drug-likeness (QED) is 0.466. The van der Waals surface area contributed by atoms with Gasteiger partial charge in [0.15, 0.2) is 0 Å². The predicted octanol–water partition coefficient (Wildman–Crippen LogP) is 2.42. The summed E-state index contributed by atoms with van der Waals surface area (Å²) < 4.78 is 7.41. The number of methoxy groups -OCH3 is 1. The van der Waals surface area contributed by atoms with Crippen LogP contribution in [0.5, 0.6) is 0 Å². The zero-order valence-electron chi connectivity index (χ0n) is 9.15. The van der Waals surface area contributed by atoms with Crippen LogP contribution in [0, 0.1) is 3.57 Å². The Morgan fingerprint density at radius 1 is 1.65 bits per heavy atom. The Balaban J connectivity index is 2.61. The Labute approximate surface area is 116 Å². The van der Waals surface area contributed by atoms with Crippen molar-refractivity contribution in [3.8, 4) is 0 Å². The standard InChI is InChI=1S/C10H9ClIN3O2/c1-5(9(16)17-2)15-4-7(12)6-3-13-10(11)14-8(6)15/h3-5H,1-2H3. The van der Waals surface area contributed by atoms with Crippen LogP contribution in [0.15, 0.2) is 12.4 Å². The van der Waals surface area contributed by atoms with Gasteiger partial charge in [-0.05, 0) is 41.1 Å². The fourth-order valence-electron chi connectivity index (χ4n) is 1.55. The molecule has 0 aliphatic heterocycles. The van der Waals surface area contributed by atoms with Crippen LogP contribution >= 0.6 is 34.2 Å². The molecule has 0 saturated carbocycles. The van der Waals surface area contributed by atoms with Gasteiger partial charge in [-0.1, -0.05) is 0 Å². The minimum Gasteiger partial charge on any atom is -0.467 e. The lowest BCUT2D eigenvalue weighted by Crippen LogP contribution is -2.17. The highest BCUT2D eigenvalue weighted by Crippen LogP contribution is 2.25. The van der Waals surface area contributed by atoms with Crippen molar-refractivity contribution < 1.29 is 9.53 Å². The summed E-state index contributed by atoms with van der Waals surface area (Å²) in [7, 11) is 1.36. The van der Waals surface area contributed by atoms with Gasteiger partial charge in [0.25, 0.3) is 0 Å². The molecule has 0 radical (unpaired) electrons. The van der Waals surface area contributed by atoms with Crippen LogP contribution in [0.3, 0.4) is 0 Å². The largest absolute Gasteiger partial charge is 0.467 e. The van der Waals surface area contributed by atoms with Crippen LogP contribution in [0.1, 0.15) is 13.0 Å². The van der Waals surface area contributed by atoms with E-state index in [0.29, 0.717) is 5.65 Å². The molecule has 2 rings (SSSR count). The molecule has 7 heteroatoms. The molecule has 17 heavy (non-hydrogen) atoms. The molecule has 1 unspecified atom stereocenters. The maximum Gasteiger partial charge on any atom is 0.328 e. The molecule has 0 fully saturated rings. The van der Waals surface area contributed by atoms with Crippen LogP contribution in [0.25, 0.3) is 11.0 Å². The number of halogens is 2. The van der Waals surface area contributed by atoms with E-state index in [1.54, 1.807) is 17.7 Å². The zero-order chi connectivity index (χ0) is 12.6. The Bertz CT molecular complexity index is 584. The average molecular weight is 366 g/mol.